The van der Waals surface area contributed by atoms with Crippen molar-refractivity contribution in [2.24, 2.45) is 0 Å². The van der Waals surface area contributed by atoms with Crippen molar-refractivity contribution in [3.63, 3.8) is 0 Å². The Morgan fingerprint density at radius 3 is 2.87 bits per heavy atom. The lowest BCUT2D eigenvalue weighted by atomic mass is 10.2. The van der Waals surface area contributed by atoms with Crippen molar-refractivity contribution >= 4 is 22.9 Å². The normalized spacial score (nSPS) is 10.5. The molecule has 15 heavy (non-hydrogen) atoms. The van der Waals surface area contributed by atoms with Gasteiger partial charge in [0, 0.05) is 10.9 Å². The van der Waals surface area contributed by atoms with Crippen molar-refractivity contribution in [2.45, 2.75) is 19.8 Å². The number of hydrogen-bond acceptors (Lipinski definition) is 2. The van der Waals surface area contributed by atoms with Gasteiger partial charge in [0.15, 0.2) is 0 Å². The van der Waals surface area contributed by atoms with Crippen molar-refractivity contribution in [1.82, 2.24) is 4.98 Å². The van der Waals surface area contributed by atoms with Crippen LogP contribution in [0, 0.1) is 0 Å². The number of thiazole rings is 1. The minimum Gasteiger partial charge on any atom is -0.241 e. The Morgan fingerprint density at radius 2 is 2.13 bits per heavy atom. The first-order chi connectivity index (χ1) is 7.31. The van der Waals surface area contributed by atoms with Gasteiger partial charge in [-0.2, -0.15) is 0 Å². The van der Waals surface area contributed by atoms with Crippen LogP contribution in [0.1, 0.15) is 19.0 Å². The maximum atomic E-state index is 6.11. The Hall–Kier alpha value is -0.860. The summed E-state index contributed by atoms with van der Waals surface area (Å²) < 4.78 is 0. The van der Waals surface area contributed by atoms with Crippen LogP contribution in [0.15, 0.2) is 29.6 Å². The fraction of sp³-hybridized carbons (Fsp3) is 0.250. The molecule has 0 bridgehead atoms. The van der Waals surface area contributed by atoms with Gasteiger partial charge in [-0.25, -0.2) is 4.98 Å². The van der Waals surface area contributed by atoms with Crippen LogP contribution in [0.5, 0.6) is 0 Å². The van der Waals surface area contributed by atoms with Gasteiger partial charge in [-0.1, -0.05) is 43.1 Å². The molecule has 0 aliphatic carbocycles. The lowest BCUT2D eigenvalue weighted by molar-refractivity contribution is 0.894. The molecule has 0 aliphatic rings. The summed E-state index contributed by atoms with van der Waals surface area (Å²) in [6.07, 6.45) is 2.17. The summed E-state index contributed by atoms with van der Waals surface area (Å²) in [5.41, 5.74) is 2.20. The molecular formula is C12H12ClNS. The smallest absolute Gasteiger partial charge is 0.125 e. The molecule has 0 aliphatic heterocycles. The molecule has 0 atom stereocenters. The van der Waals surface area contributed by atoms with E-state index in [4.69, 9.17) is 11.6 Å². The highest BCUT2D eigenvalue weighted by atomic mass is 35.5. The molecule has 2 rings (SSSR count). The summed E-state index contributed by atoms with van der Waals surface area (Å²) in [6, 6.07) is 7.84. The van der Waals surface area contributed by atoms with E-state index in [1.165, 1.54) is 0 Å². The Morgan fingerprint density at radius 1 is 1.33 bits per heavy atom. The molecule has 0 radical (unpaired) electrons. The number of hydrogen-bond donors (Lipinski definition) is 0. The first-order valence-corrected chi connectivity index (χ1v) is 6.26. The molecule has 0 saturated carbocycles. The third-order valence-corrected chi connectivity index (χ3v) is 3.42. The zero-order valence-electron chi connectivity index (χ0n) is 8.53. The van der Waals surface area contributed by atoms with Crippen LogP contribution in [0.2, 0.25) is 5.02 Å². The van der Waals surface area contributed by atoms with E-state index in [2.05, 4.69) is 17.3 Å². The SMILES string of the molecule is CCCc1csc(-c2ccccc2Cl)n1. The second kappa shape index (κ2) is 4.77. The molecule has 2 aromatic rings. The molecule has 1 heterocycles. The fourth-order valence-electron chi connectivity index (χ4n) is 1.44. The fourth-order valence-corrected chi connectivity index (χ4v) is 2.61. The molecule has 1 nitrogen and oxygen atoms in total. The average molecular weight is 238 g/mol. The highest BCUT2D eigenvalue weighted by Crippen LogP contribution is 2.30. The van der Waals surface area contributed by atoms with Crippen molar-refractivity contribution in [1.29, 1.82) is 0 Å². The average Bonchev–Trinajstić information content (AvgIpc) is 2.68. The highest BCUT2D eigenvalue weighted by Gasteiger charge is 2.06. The Labute approximate surface area is 98.7 Å². The minimum absolute atomic E-state index is 0.773. The third-order valence-electron chi connectivity index (χ3n) is 2.16. The van der Waals surface area contributed by atoms with Crippen LogP contribution in [-0.4, -0.2) is 4.98 Å². The number of rotatable bonds is 3. The number of benzene rings is 1. The predicted molar refractivity (Wildman–Crippen MR) is 66.6 cm³/mol. The maximum Gasteiger partial charge on any atom is 0.125 e. The van der Waals surface area contributed by atoms with Crippen LogP contribution < -0.4 is 0 Å². The molecule has 0 spiro atoms. The van der Waals surface area contributed by atoms with Gasteiger partial charge in [0.1, 0.15) is 5.01 Å². The molecular weight excluding hydrogens is 226 g/mol. The third kappa shape index (κ3) is 2.39. The van der Waals surface area contributed by atoms with Gasteiger partial charge in [0.2, 0.25) is 0 Å². The zero-order chi connectivity index (χ0) is 10.7. The van der Waals surface area contributed by atoms with E-state index in [9.17, 15) is 0 Å². The van der Waals surface area contributed by atoms with Crippen molar-refractivity contribution in [3.05, 3.63) is 40.4 Å². The standard InChI is InChI=1S/C12H12ClNS/c1-2-5-9-8-15-12(14-9)10-6-3-4-7-11(10)13/h3-4,6-8H,2,5H2,1H3. The Balaban J connectivity index is 2.33. The maximum absolute atomic E-state index is 6.11. The van der Waals surface area contributed by atoms with Crippen LogP contribution in [-0.2, 0) is 6.42 Å². The summed E-state index contributed by atoms with van der Waals surface area (Å²) >= 11 is 7.77. The van der Waals surface area contributed by atoms with Crippen LogP contribution >= 0.6 is 22.9 Å². The van der Waals surface area contributed by atoms with Gasteiger partial charge in [0.05, 0.1) is 10.7 Å². The molecule has 78 valence electrons. The van der Waals surface area contributed by atoms with Crippen molar-refractivity contribution in [3.8, 4) is 10.6 Å². The molecule has 0 unspecified atom stereocenters. The highest BCUT2D eigenvalue weighted by molar-refractivity contribution is 7.13. The lowest BCUT2D eigenvalue weighted by Gasteiger charge is -1.98. The first-order valence-electron chi connectivity index (χ1n) is 5.00. The number of nitrogens with zero attached hydrogens (tertiary/aromatic N) is 1. The predicted octanol–water partition coefficient (Wildman–Crippen LogP) is 4.42. The molecule has 1 aromatic heterocycles. The summed E-state index contributed by atoms with van der Waals surface area (Å²) in [5, 5.41) is 3.90. The molecule has 0 fully saturated rings. The summed E-state index contributed by atoms with van der Waals surface area (Å²) in [6.45, 7) is 2.16. The zero-order valence-corrected chi connectivity index (χ0v) is 10.1. The van der Waals surface area contributed by atoms with E-state index in [-0.39, 0.29) is 0 Å². The second-order valence-corrected chi connectivity index (χ2v) is 4.64. The van der Waals surface area contributed by atoms with Gasteiger partial charge in [0.25, 0.3) is 0 Å². The van der Waals surface area contributed by atoms with Gasteiger partial charge in [-0.15, -0.1) is 11.3 Å². The van der Waals surface area contributed by atoms with E-state index in [1.54, 1.807) is 11.3 Å². The topological polar surface area (TPSA) is 12.9 Å². The summed E-state index contributed by atoms with van der Waals surface area (Å²) in [5.74, 6) is 0. The largest absolute Gasteiger partial charge is 0.241 e. The number of halogens is 1. The van der Waals surface area contributed by atoms with Gasteiger partial charge >= 0.3 is 0 Å². The first kappa shape index (κ1) is 10.7. The quantitative estimate of drug-likeness (QED) is 0.770. The number of aromatic nitrogens is 1. The van der Waals surface area contributed by atoms with Crippen LogP contribution in [0.25, 0.3) is 10.6 Å². The lowest BCUT2D eigenvalue weighted by Crippen LogP contribution is -1.83. The van der Waals surface area contributed by atoms with Gasteiger partial charge < -0.3 is 0 Å². The second-order valence-electron chi connectivity index (χ2n) is 3.37. The Kier molecular flexibility index (Phi) is 3.39. The molecule has 0 amide bonds. The van der Waals surface area contributed by atoms with E-state index in [0.717, 1.165) is 34.1 Å². The molecule has 0 N–H and O–H groups in total. The van der Waals surface area contributed by atoms with Gasteiger partial charge in [-0.05, 0) is 12.5 Å². The van der Waals surface area contributed by atoms with E-state index in [0.29, 0.717) is 0 Å². The van der Waals surface area contributed by atoms with Crippen LogP contribution in [0.4, 0.5) is 0 Å². The number of aryl methyl sites for hydroxylation is 1. The van der Waals surface area contributed by atoms with E-state index < -0.39 is 0 Å². The van der Waals surface area contributed by atoms with E-state index >= 15 is 0 Å². The summed E-state index contributed by atoms with van der Waals surface area (Å²) in [4.78, 5) is 4.57. The Bertz CT molecular complexity index is 450. The molecule has 3 heteroatoms. The van der Waals surface area contributed by atoms with E-state index in [1.807, 2.05) is 24.3 Å². The molecule has 0 saturated heterocycles. The minimum atomic E-state index is 0.773. The van der Waals surface area contributed by atoms with Crippen molar-refractivity contribution < 1.29 is 0 Å². The van der Waals surface area contributed by atoms with Gasteiger partial charge in [-0.3, -0.25) is 0 Å². The van der Waals surface area contributed by atoms with Crippen molar-refractivity contribution in [2.75, 3.05) is 0 Å². The monoisotopic (exact) mass is 237 g/mol. The molecule has 1 aromatic carbocycles. The summed E-state index contributed by atoms with van der Waals surface area (Å²) in [7, 11) is 0. The van der Waals surface area contributed by atoms with Crippen LogP contribution in [0.3, 0.4) is 0 Å².